The molecular weight excluding hydrogens is 453 g/mol. The largest absolute Gasteiger partial charge is 0.466 e. The minimum Gasteiger partial charge on any atom is -0.466 e. The Balaban J connectivity index is 2.16. The summed E-state index contributed by atoms with van der Waals surface area (Å²) in [5, 5.41) is -0.0624. The highest BCUT2D eigenvalue weighted by molar-refractivity contribution is 7.90. The second-order valence-corrected chi connectivity index (χ2v) is 9.51. The summed E-state index contributed by atoms with van der Waals surface area (Å²) in [5.74, 6) is -4.83. The van der Waals surface area contributed by atoms with Crippen LogP contribution in [0.15, 0.2) is 53.4 Å². The van der Waals surface area contributed by atoms with Crippen molar-refractivity contribution in [3.8, 4) is 0 Å². The minimum absolute atomic E-state index is 0.00312. The number of ether oxygens (including phenoxy) is 1. The average molecular weight is 471 g/mol. The maximum Gasteiger partial charge on any atom is 0.302 e. The molecular formula is C22H18ClF3O4S. The van der Waals surface area contributed by atoms with Crippen LogP contribution in [-0.4, -0.2) is 27.2 Å². The van der Waals surface area contributed by atoms with Crippen molar-refractivity contribution in [1.29, 1.82) is 0 Å². The van der Waals surface area contributed by atoms with Gasteiger partial charge in [-0.15, -0.1) is 0 Å². The summed E-state index contributed by atoms with van der Waals surface area (Å²) in [6.45, 7) is 1.24. The molecule has 0 atom stereocenters. The monoisotopic (exact) mass is 470 g/mol. The normalized spacial score (nSPS) is 12.2. The summed E-state index contributed by atoms with van der Waals surface area (Å²) in [6, 6.07) is 9.36. The van der Waals surface area contributed by atoms with Crippen LogP contribution < -0.4 is 0 Å². The van der Waals surface area contributed by atoms with Gasteiger partial charge in [0.25, 0.3) is 0 Å². The topological polar surface area (TPSA) is 60.4 Å². The van der Waals surface area contributed by atoms with E-state index >= 15 is 8.78 Å². The lowest BCUT2D eigenvalue weighted by atomic mass is 9.92. The molecule has 0 heterocycles. The van der Waals surface area contributed by atoms with Crippen molar-refractivity contribution in [3.63, 3.8) is 0 Å². The van der Waals surface area contributed by atoms with E-state index in [9.17, 15) is 17.6 Å². The molecule has 0 unspecified atom stereocenters. The number of esters is 1. The molecule has 0 saturated heterocycles. The van der Waals surface area contributed by atoms with E-state index in [0.717, 1.165) is 36.6 Å². The van der Waals surface area contributed by atoms with E-state index < -0.39 is 43.7 Å². The van der Waals surface area contributed by atoms with Gasteiger partial charge < -0.3 is 4.74 Å². The van der Waals surface area contributed by atoms with Crippen LogP contribution in [0.2, 0.25) is 5.02 Å². The fraction of sp³-hybridized carbons (Fsp3) is 0.227. The van der Waals surface area contributed by atoms with Crippen molar-refractivity contribution in [3.05, 3.63) is 76.1 Å². The molecule has 3 rings (SSSR count). The third kappa shape index (κ3) is 5.02. The summed E-state index contributed by atoms with van der Waals surface area (Å²) in [7, 11) is -3.64. The summed E-state index contributed by atoms with van der Waals surface area (Å²) in [5.41, 5.74) is -0.639. The molecule has 0 amide bonds. The van der Waals surface area contributed by atoms with E-state index in [1.54, 1.807) is 6.07 Å². The quantitative estimate of drug-likeness (QED) is 0.460. The van der Waals surface area contributed by atoms with Crippen molar-refractivity contribution in [2.45, 2.75) is 24.2 Å². The van der Waals surface area contributed by atoms with Gasteiger partial charge in [-0.25, -0.2) is 12.8 Å². The predicted molar refractivity (Wildman–Crippen MR) is 112 cm³/mol. The van der Waals surface area contributed by atoms with E-state index in [2.05, 4.69) is 0 Å². The van der Waals surface area contributed by atoms with Crippen LogP contribution in [0.25, 0.3) is 10.8 Å². The van der Waals surface area contributed by atoms with Gasteiger partial charge >= 0.3 is 11.9 Å². The third-order valence-corrected chi connectivity index (χ3v) is 6.14. The zero-order valence-corrected chi connectivity index (χ0v) is 18.2. The zero-order valence-electron chi connectivity index (χ0n) is 16.6. The lowest BCUT2D eigenvalue weighted by Gasteiger charge is -2.22. The maximum atomic E-state index is 15.6. The third-order valence-electron chi connectivity index (χ3n) is 4.72. The van der Waals surface area contributed by atoms with Crippen LogP contribution in [-0.2, 0) is 31.7 Å². The Morgan fingerprint density at radius 2 is 1.77 bits per heavy atom. The lowest BCUT2D eigenvalue weighted by Crippen LogP contribution is -2.18. The second kappa shape index (κ2) is 8.51. The molecule has 0 saturated carbocycles. The highest BCUT2D eigenvalue weighted by atomic mass is 35.5. The van der Waals surface area contributed by atoms with Crippen LogP contribution in [0.1, 0.15) is 23.6 Å². The Hall–Kier alpha value is -2.58. The SMILES string of the molecule is CC(=O)OCCc1cc(C(F)(F)c2ccc(S(C)(=O)=O)cc2Cl)c2cc(F)ccc2c1. The van der Waals surface area contributed by atoms with Crippen LogP contribution in [0, 0.1) is 5.82 Å². The van der Waals surface area contributed by atoms with Crippen LogP contribution in [0.4, 0.5) is 13.2 Å². The number of fused-ring (bicyclic) bond motifs is 1. The number of carbonyl (C=O) groups excluding carboxylic acids is 1. The molecule has 164 valence electrons. The number of hydrogen-bond donors (Lipinski definition) is 0. The first-order chi connectivity index (χ1) is 14.4. The van der Waals surface area contributed by atoms with Crippen LogP contribution >= 0.6 is 11.6 Å². The van der Waals surface area contributed by atoms with Gasteiger partial charge in [0.15, 0.2) is 9.84 Å². The molecule has 0 fully saturated rings. The van der Waals surface area contributed by atoms with Crippen molar-refractivity contribution in [2.24, 2.45) is 0 Å². The van der Waals surface area contributed by atoms with Gasteiger partial charge in [-0.05, 0) is 52.7 Å². The minimum atomic E-state index is -3.66. The molecule has 0 radical (unpaired) electrons. The first kappa shape index (κ1) is 23.1. The van der Waals surface area contributed by atoms with Gasteiger partial charge in [0.05, 0.1) is 16.5 Å². The van der Waals surface area contributed by atoms with E-state index in [-0.39, 0.29) is 23.3 Å². The number of rotatable bonds is 6. The lowest BCUT2D eigenvalue weighted by molar-refractivity contribution is -0.140. The number of hydrogen-bond acceptors (Lipinski definition) is 4. The van der Waals surface area contributed by atoms with Crippen molar-refractivity contribution in [1.82, 2.24) is 0 Å². The zero-order chi connectivity index (χ0) is 23.0. The van der Waals surface area contributed by atoms with E-state index in [0.29, 0.717) is 10.9 Å². The fourth-order valence-corrected chi connectivity index (χ4v) is 4.25. The molecule has 0 aliphatic heterocycles. The van der Waals surface area contributed by atoms with Crippen molar-refractivity contribution >= 4 is 38.2 Å². The first-order valence-electron chi connectivity index (χ1n) is 9.13. The fourth-order valence-electron chi connectivity index (χ4n) is 3.24. The number of alkyl halides is 2. The van der Waals surface area contributed by atoms with E-state index in [4.69, 9.17) is 16.3 Å². The van der Waals surface area contributed by atoms with Gasteiger partial charge in [-0.3, -0.25) is 4.79 Å². The molecule has 4 nitrogen and oxygen atoms in total. The molecule has 9 heteroatoms. The molecule has 3 aromatic carbocycles. The number of sulfone groups is 1. The predicted octanol–water partition coefficient (Wildman–Crippen LogP) is 5.28. The van der Waals surface area contributed by atoms with Gasteiger partial charge in [-0.1, -0.05) is 23.7 Å². The highest BCUT2D eigenvalue weighted by Gasteiger charge is 2.38. The first-order valence-corrected chi connectivity index (χ1v) is 11.4. The summed E-state index contributed by atoms with van der Waals surface area (Å²) < 4.78 is 73.4. The number of carbonyl (C=O) groups is 1. The summed E-state index contributed by atoms with van der Waals surface area (Å²) in [4.78, 5) is 10.8. The Labute approximate surface area is 182 Å². The molecule has 0 aliphatic rings. The molecule has 0 bridgehead atoms. The Kier molecular flexibility index (Phi) is 6.34. The van der Waals surface area contributed by atoms with Crippen molar-refractivity contribution < 1.29 is 31.1 Å². The molecule has 0 N–H and O–H groups in total. The van der Waals surface area contributed by atoms with Crippen molar-refractivity contribution in [2.75, 3.05) is 12.9 Å². The van der Waals surface area contributed by atoms with Gasteiger partial charge in [0, 0.05) is 30.7 Å². The van der Waals surface area contributed by atoms with E-state index in [1.165, 1.54) is 19.1 Å². The maximum absolute atomic E-state index is 15.6. The molecule has 0 aromatic heterocycles. The smallest absolute Gasteiger partial charge is 0.302 e. The van der Waals surface area contributed by atoms with Gasteiger partial charge in [0.1, 0.15) is 5.82 Å². The van der Waals surface area contributed by atoms with Gasteiger partial charge in [0.2, 0.25) is 0 Å². The van der Waals surface area contributed by atoms with Crippen LogP contribution in [0.5, 0.6) is 0 Å². The van der Waals surface area contributed by atoms with Gasteiger partial charge in [-0.2, -0.15) is 8.78 Å². The Morgan fingerprint density at radius 3 is 2.39 bits per heavy atom. The Morgan fingerprint density at radius 1 is 1.06 bits per heavy atom. The van der Waals surface area contributed by atoms with E-state index in [1.807, 2.05) is 0 Å². The van der Waals surface area contributed by atoms with Crippen LogP contribution in [0.3, 0.4) is 0 Å². The number of halogens is 4. The number of benzene rings is 3. The summed E-state index contributed by atoms with van der Waals surface area (Å²) >= 11 is 6.03. The molecule has 3 aromatic rings. The standard InChI is InChI=1S/C22H18ClF3O4S/c1-13(27)30-8-7-14-9-15-3-4-16(24)11-18(15)20(10-14)22(25,26)19-6-5-17(12-21(19)23)31(2,28)29/h3-6,9-12H,7-8H2,1-2H3. The average Bonchev–Trinajstić information content (AvgIpc) is 2.66. The molecule has 0 spiro atoms. The molecule has 0 aliphatic carbocycles. The Bertz CT molecular complexity index is 1270. The molecule has 31 heavy (non-hydrogen) atoms. The highest BCUT2D eigenvalue weighted by Crippen LogP contribution is 2.43. The second-order valence-electron chi connectivity index (χ2n) is 7.09. The summed E-state index contributed by atoms with van der Waals surface area (Å²) in [6.07, 6.45) is 1.12.